The Morgan fingerprint density at radius 1 is 1.20 bits per heavy atom. The zero-order valence-electron chi connectivity index (χ0n) is 13.6. The number of fused-ring (bicyclic) bond motifs is 1. The second-order valence-corrected chi connectivity index (χ2v) is 7.79. The van der Waals surface area contributed by atoms with Crippen molar-refractivity contribution in [2.75, 3.05) is 7.11 Å². The third kappa shape index (κ3) is 2.56. The van der Waals surface area contributed by atoms with Crippen LogP contribution in [0.3, 0.4) is 0 Å². The molecule has 5 rings (SSSR count). The third-order valence-corrected chi connectivity index (χ3v) is 6.15. The maximum atomic E-state index is 12.7. The minimum atomic E-state index is -0.261. The Morgan fingerprint density at radius 3 is 2.32 bits per heavy atom. The number of carbonyl (C=O) groups excluding carboxylic acids is 2. The molecule has 25 heavy (non-hydrogen) atoms. The van der Waals surface area contributed by atoms with E-state index in [-0.39, 0.29) is 41.2 Å². The fourth-order valence-electron chi connectivity index (χ4n) is 4.12. The summed E-state index contributed by atoms with van der Waals surface area (Å²) < 4.78 is 5.73. The lowest BCUT2D eigenvalue weighted by atomic mass is 9.63. The molecule has 2 bridgehead atoms. The van der Waals surface area contributed by atoms with Crippen molar-refractivity contribution in [1.29, 1.82) is 0 Å². The average Bonchev–Trinajstić information content (AvgIpc) is 2.90. The van der Waals surface area contributed by atoms with E-state index < -0.39 is 0 Å². The van der Waals surface area contributed by atoms with Gasteiger partial charge in [0.15, 0.2) is 11.5 Å². The van der Waals surface area contributed by atoms with Gasteiger partial charge in [-0.05, 0) is 65.0 Å². The van der Waals surface area contributed by atoms with Gasteiger partial charge in [-0.25, -0.2) is 0 Å². The summed E-state index contributed by atoms with van der Waals surface area (Å²) in [6.45, 7) is 0. The minimum Gasteiger partial charge on any atom is -0.504 e. The third-order valence-electron chi connectivity index (χ3n) is 5.33. The SMILES string of the molecule is COc1cc(C=NN2C(=O)C3C4C=CC(CC4)C3C2=O)cc(I)c1O. The molecule has 4 aliphatic rings. The highest BCUT2D eigenvalue weighted by molar-refractivity contribution is 14.1. The van der Waals surface area contributed by atoms with Crippen molar-refractivity contribution >= 4 is 40.6 Å². The van der Waals surface area contributed by atoms with Crippen LogP contribution in [0, 0.1) is 27.2 Å². The van der Waals surface area contributed by atoms with Crippen LogP contribution in [0.1, 0.15) is 18.4 Å². The predicted molar refractivity (Wildman–Crippen MR) is 99.2 cm³/mol. The highest BCUT2D eigenvalue weighted by Gasteiger charge is 2.56. The summed E-state index contributed by atoms with van der Waals surface area (Å²) in [7, 11) is 1.47. The number of allylic oxidation sites excluding steroid dienone is 2. The second kappa shape index (κ2) is 6.12. The van der Waals surface area contributed by atoms with Crippen LogP contribution in [0.4, 0.5) is 0 Å². The number of hydrogen-bond donors (Lipinski definition) is 1. The van der Waals surface area contributed by atoms with Crippen molar-refractivity contribution in [2.45, 2.75) is 12.8 Å². The van der Waals surface area contributed by atoms with E-state index in [9.17, 15) is 14.7 Å². The first-order valence-corrected chi connectivity index (χ1v) is 9.25. The number of hydrazone groups is 1. The number of phenolic OH excluding ortho intramolecular Hbond substituents is 1. The number of hydrogen-bond acceptors (Lipinski definition) is 5. The number of halogens is 1. The molecule has 7 heteroatoms. The van der Waals surface area contributed by atoms with Crippen LogP contribution in [-0.2, 0) is 9.59 Å². The summed E-state index contributed by atoms with van der Waals surface area (Å²) in [5, 5.41) is 15.1. The highest BCUT2D eigenvalue weighted by atomic mass is 127. The summed E-state index contributed by atoms with van der Waals surface area (Å²) >= 11 is 1.99. The zero-order valence-corrected chi connectivity index (χ0v) is 15.7. The number of ether oxygens (including phenoxy) is 1. The van der Waals surface area contributed by atoms with Gasteiger partial charge in [-0.3, -0.25) is 9.59 Å². The molecule has 0 spiro atoms. The molecule has 1 heterocycles. The van der Waals surface area contributed by atoms with Gasteiger partial charge in [0.1, 0.15) is 0 Å². The van der Waals surface area contributed by atoms with Gasteiger partial charge in [0.2, 0.25) is 0 Å². The molecule has 1 aromatic rings. The predicted octanol–water partition coefficient (Wildman–Crippen LogP) is 2.54. The molecule has 130 valence electrons. The van der Waals surface area contributed by atoms with E-state index in [4.69, 9.17) is 4.74 Å². The Kier molecular flexibility index (Phi) is 4.05. The molecule has 3 aliphatic carbocycles. The molecule has 1 saturated carbocycles. The lowest BCUT2D eigenvalue weighted by Crippen LogP contribution is -2.38. The molecule has 2 fully saturated rings. The largest absolute Gasteiger partial charge is 0.504 e. The summed E-state index contributed by atoms with van der Waals surface area (Å²) in [5.41, 5.74) is 0.649. The molecular weight excluding hydrogens is 435 g/mol. The van der Waals surface area contributed by atoms with E-state index in [1.165, 1.54) is 13.3 Å². The molecule has 4 unspecified atom stereocenters. The van der Waals surface area contributed by atoms with Gasteiger partial charge < -0.3 is 9.84 Å². The van der Waals surface area contributed by atoms with Gasteiger partial charge in [0, 0.05) is 0 Å². The highest BCUT2D eigenvalue weighted by Crippen LogP contribution is 2.49. The fourth-order valence-corrected chi connectivity index (χ4v) is 4.75. The Hall–Kier alpha value is -1.90. The van der Waals surface area contributed by atoms with E-state index in [1.807, 2.05) is 22.6 Å². The number of imide groups is 1. The summed E-state index contributed by atoms with van der Waals surface area (Å²) in [4.78, 5) is 25.4. The van der Waals surface area contributed by atoms with Crippen molar-refractivity contribution in [1.82, 2.24) is 5.01 Å². The Labute approximate surface area is 158 Å². The summed E-state index contributed by atoms with van der Waals surface area (Å²) in [5.74, 6) is -0.240. The van der Waals surface area contributed by atoms with Crippen LogP contribution >= 0.6 is 22.6 Å². The van der Waals surface area contributed by atoms with Crippen LogP contribution in [-0.4, -0.2) is 35.3 Å². The smallest absolute Gasteiger partial charge is 0.254 e. The zero-order chi connectivity index (χ0) is 17.7. The van der Waals surface area contributed by atoms with Gasteiger partial charge in [-0.1, -0.05) is 12.2 Å². The van der Waals surface area contributed by atoms with E-state index >= 15 is 0 Å². The van der Waals surface area contributed by atoms with Crippen molar-refractivity contribution in [3.8, 4) is 11.5 Å². The van der Waals surface area contributed by atoms with Crippen LogP contribution in [0.15, 0.2) is 29.4 Å². The van der Waals surface area contributed by atoms with Gasteiger partial charge in [0.25, 0.3) is 11.8 Å². The molecule has 1 aliphatic heterocycles. The summed E-state index contributed by atoms with van der Waals surface area (Å²) in [6.07, 6.45) is 7.56. The molecule has 1 N–H and O–H groups in total. The summed E-state index contributed by atoms with van der Waals surface area (Å²) in [6, 6.07) is 3.33. The number of carbonyl (C=O) groups is 2. The Bertz CT molecular complexity index is 788. The quantitative estimate of drug-likeness (QED) is 0.331. The Morgan fingerprint density at radius 2 is 1.80 bits per heavy atom. The van der Waals surface area contributed by atoms with Crippen molar-refractivity contribution in [3.05, 3.63) is 33.4 Å². The number of phenols is 1. The van der Waals surface area contributed by atoms with Crippen LogP contribution in [0.25, 0.3) is 0 Å². The Balaban J connectivity index is 1.62. The first-order chi connectivity index (χ1) is 12.0. The lowest BCUT2D eigenvalue weighted by molar-refractivity contribution is -0.140. The van der Waals surface area contributed by atoms with E-state index in [0.29, 0.717) is 14.9 Å². The lowest BCUT2D eigenvalue weighted by Gasteiger charge is -2.37. The van der Waals surface area contributed by atoms with Crippen molar-refractivity contribution in [2.24, 2.45) is 28.8 Å². The van der Waals surface area contributed by atoms with E-state index in [0.717, 1.165) is 17.9 Å². The maximum Gasteiger partial charge on any atom is 0.254 e. The second-order valence-electron chi connectivity index (χ2n) is 6.63. The first-order valence-electron chi connectivity index (χ1n) is 8.18. The normalized spacial score (nSPS) is 30.4. The van der Waals surface area contributed by atoms with Gasteiger partial charge in [0.05, 0.1) is 28.7 Å². The van der Waals surface area contributed by atoms with E-state index in [2.05, 4.69) is 17.3 Å². The monoisotopic (exact) mass is 452 g/mol. The molecule has 6 nitrogen and oxygen atoms in total. The topological polar surface area (TPSA) is 79.2 Å². The fraction of sp³-hybridized carbons (Fsp3) is 0.389. The average molecular weight is 452 g/mol. The molecule has 4 atom stereocenters. The molecule has 2 amide bonds. The number of methoxy groups -OCH3 is 1. The standard InChI is InChI=1S/C18H17IN2O4/c1-25-13-7-9(6-12(19)16(13)22)8-20-21-17(23)14-10-2-3-11(5-4-10)15(14)18(21)24/h2-3,6-8,10-11,14-15,22H,4-5H2,1H3. The molecular formula is C18H17IN2O4. The first kappa shape index (κ1) is 16.6. The number of amides is 2. The van der Waals surface area contributed by atoms with Gasteiger partial charge >= 0.3 is 0 Å². The van der Waals surface area contributed by atoms with Gasteiger partial charge in [-0.15, -0.1) is 0 Å². The molecule has 1 saturated heterocycles. The number of benzene rings is 1. The van der Waals surface area contributed by atoms with Crippen molar-refractivity contribution in [3.63, 3.8) is 0 Å². The van der Waals surface area contributed by atoms with Crippen LogP contribution < -0.4 is 4.74 Å². The number of aromatic hydroxyl groups is 1. The number of rotatable bonds is 3. The molecule has 0 radical (unpaired) electrons. The van der Waals surface area contributed by atoms with Crippen LogP contribution in [0.5, 0.6) is 11.5 Å². The van der Waals surface area contributed by atoms with E-state index in [1.54, 1.807) is 12.1 Å². The molecule has 1 aromatic carbocycles. The van der Waals surface area contributed by atoms with Gasteiger partial charge in [-0.2, -0.15) is 10.1 Å². The van der Waals surface area contributed by atoms with Crippen molar-refractivity contribution < 1.29 is 19.4 Å². The van der Waals surface area contributed by atoms with Crippen LogP contribution in [0.2, 0.25) is 0 Å². The maximum absolute atomic E-state index is 12.7. The minimum absolute atomic E-state index is 0.0576. The molecule has 0 aromatic heterocycles. The number of nitrogens with zero attached hydrogens (tertiary/aromatic N) is 2.